The van der Waals surface area contributed by atoms with Crippen LogP contribution in [0.15, 0.2) is 58.4 Å². The van der Waals surface area contributed by atoms with Crippen LogP contribution >= 0.6 is 0 Å². The van der Waals surface area contributed by atoms with Crippen molar-refractivity contribution in [3.8, 4) is 11.1 Å². The molecule has 42 heavy (non-hydrogen) atoms. The predicted molar refractivity (Wildman–Crippen MR) is 157 cm³/mol. The number of aryl methyl sites for hydroxylation is 1. The molecule has 5 heterocycles. The zero-order valence-electron chi connectivity index (χ0n) is 23.9. The lowest BCUT2D eigenvalue weighted by atomic mass is 9.96. The number of aromatic nitrogens is 3. The van der Waals surface area contributed by atoms with Gasteiger partial charge in [-0.3, -0.25) is 19.2 Å². The molecule has 10 nitrogen and oxygen atoms in total. The monoisotopic (exact) mass is 571 g/mol. The number of anilines is 3. The quantitative estimate of drug-likeness (QED) is 0.481. The lowest BCUT2D eigenvalue weighted by molar-refractivity contribution is -0.112. The molecule has 11 heteroatoms. The number of allylic oxidation sites excluding steroid dienone is 2. The van der Waals surface area contributed by atoms with E-state index in [2.05, 4.69) is 27.3 Å². The second-order valence-corrected chi connectivity index (χ2v) is 11.6. The molecule has 0 amide bonds. The summed E-state index contributed by atoms with van der Waals surface area (Å²) in [7, 11) is 3.70. The molecular formula is C31H34FN7O3. The Bertz CT molecular complexity index is 1740. The van der Waals surface area contributed by atoms with E-state index in [1.165, 1.54) is 16.7 Å². The number of Topliss-reactive ketones (excluding diaryl/α,β-unsaturated/α-hetero) is 1. The Kier molecular flexibility index (Phi) is 6.51. The molecule has 1 aromatic carbocycles. The highest BCUT2D eigenvalue weighted by Gasteiger charge is 2.38. The summed E-state index contributed by atoms with van der Waals surface area (Å²) in [5.41, 5.74) is 5.86. The number of pyridine rings is 1. The van der Waals surface area contributed by atoms with Gasteiger partial charge in [-0.05, 0) is 56.5 Å². The smallest absolute Gasteiger partial charge is 0.274 e. The third-order valence-electron chi connectivity index (χ3n) is 8.81. The van der Waals surface area contributed by atoms with Crippen molar-refractivity contribution in [1.82, 2.24) is 24.1 Å². The number of hydrogen-bond acceptors (Lipinski definition) is 8. The Hall–Kier alpha value is -4.22. The Morgan fingerprint density at radius 1 is 1.02 bits per heavy atom. The summed E-state index contributed by atoms with van der Waals surface area (Å²) >= 11 is 0. The van der Waals surface area contributed by atoms with E-state index in [1.807, 2.05) is 15.6 Å². The molecule has 0 saturated heterocycles. The van der Waals surface area contributed by atoms with Crippen molar-refractivity contribution >= 4 is 23.0 Å². The van der Waals surface area contributed by atoms with Gasteiger partial charge in [0, 0.05) is 79.8 Å². The number of ketones is 1. The van der Waals surface area contributed by atoms with Gasteiger partial charge in [0.25, 0.3) is 5.56 Å². The lowest BCUT2D eigenvalue weighted by Gasteiger charge is -2.35. The molecule has 0 fully saturated rings. The van der Waals surface area contributed by atoms with Crippen LogP contribution in [0.2, 0.25) is 0 Å². The fourth-order valence-electron chi connectivity index (χ4n) is 6.70. The summed E-state index contributed by atoms with van der Waals surface area (Å²) in [6, 6.07) is 6.40. The minimum absolute atomic E-state index is 0.0537. The average molecular weight is 572 g/mol. The highest BCUT2D eigenvalue weighted by atomic mass is 19.1. The summed E-state index contributed by atoms with van der Waals surface area (Å²) in [5.74, 6) is 0.152. The second kappa shape index (κ2) is 10.2. The molecule has 3 aliphatic heterocycles. The fraction of sp³-hybridized carbons (Fsp3) is 0.387. The van der Waals surface area contributed by atoms with Crippen LogP contribution in [0.1, 0.15) is 36.9 Å². The maximum atomic E-state index is 15.2. The molecule has 0 atom stereocenters. The van der Waals surface area contributed by atoms with E-state index in [0.717, 1.165) is 62.3 Å². The minimum Gasteiger partial charge on any atom is -0.392 e. The van der Waals surface area contributed by atoms with Gasteiger partial charge in [0.2, 0.25) is 5.78 Å². The highest BCUT2D eigenvalue weighted by molar-refractivity contribution is 6.11. The van der Waals surface area contributed by atoms with Gasteiger partial charge in [-0.25, -0.2) is 4.39 Å². The first kappa shape index (κ1) is 26.7. The van der Waals surface area contributed by atoms with Crippen molar-refractivity contribution in [3.05, 3.63) is 81.1 Å². The van der Waals surface area contributed by atoms with Crippen LogP contribution in [0.25, 0.3) is 11.1 Å². The van der Waals surface area contributed by atoms with E-state index in [9.17, 15) is 14.7 Å². The molecule has 3 aromatic rings. The van der Waals surface area contributed by atoms with Crippen LogP contribution in [0.3, 0.4) is 0 Å². The van der Waals surface area contributed by atoms with Crippen molar-refractivity contribution in [1.29, 1.82) is 0 Å². The number of benzene rings is 1. The molecule has 2 N–H and O–H groups in total. The van der Waals surface area contributed by atoms with Gasteiger partial charge in [-0.15, -0.1) is 0 Å². The molecule has 0 spiro atoms. The van der Waals surface area contributed by atoms with Crippen molar-refractivity contribution < 1.29 is 14.3 Å². The fourth-order valence-corrected chi connectivity index (χ4v) is 6.70. The molecule has 7 rings (SSSR count). The number of aliphatic hydroxyl groups is 1. The Morgan fingerprint density at radius 2 is 1.86 bits per heavy atom. The van der Waals surface area contributed by atoms with Crippen LogP contribution in [0, 0.1) is 5.82 Å². The topological polar surface area (TPSA) is 98.9 Å². The molecule has 4 aliphatic rings. The largest absolute Gasteiger partial charge is 0.392 e. The van der Waals surface area contributed by atoms with Gasteiger partial charge in [0.05, 0.1) is 18.8 Å². The van der Waals surface area contributed by atoms with E-state index in [4.69, 9.17) is 0 Å². The van der Waals surface area contributed by atoms with E-state index >= 15 is 4.39 Å². The molecule has 1 aliphatic carbocycles. The first-order valence-corrected chi connectivity index (χ1v) is 14.5. The zero-order valence-corrected chi connectivity index (χ0v) is 23.9. The third kappa shape index (κ3) is 4.44. The van der Waals surface area contributed by atoms with E-state index in [1.54, 1.807) is 25.5 Å². The van der Waals surface area contributed by atoms with Crippen LogP contribution in [-0.2, 0) is 31.5 Å². The Balaban J connectivity index is 1.25. The molecule has 0 unspecified atom stereocenters. The van der Waals surface area contributed by atoms with Crippen molar-refractivity contribution in [2.24, 2.45) is 7.05 Å². The van der Waals surface area contributed by atoms with Gasteiger partial charge in [-0.1, -0.05) is 0 Å². The van der Waals surface area contributed by atoms with Gasteiger partial charge >= 0.3 is 0 Å². The molecule has 218 valence electrons. The predicted octanol–water partition coefficient (Wildman–Crippen LogP) is 3.44. The number of hydrogen-bond donors (Lipinski definition) is 2. The molecule has 0 radical (unpaired) electrons. The van der Waals surface area contributed by atoms with E-state index < -0.39 is 5.82 Å². The lowest BCUT2D eigenvalue weighted by Crippen LogP contribution is -2.37. The highest BCUT2D eigenvalue weighted by Crippen LogP contribution is 2.41. The molecule has 0 saturated carbocycles. The summed E-state index contributed by atoms with van der Waals surface area (Å²) in [4.78, 5) is 32.5. The van der Waals surface area contributed by atoms with E-state index in [-0.39, 0.29) is 17.9 Å². The van der Waals surface area contributed by atoms with Gasteiger partial charge in [0.15, 0.2) is 5.82 Å². The van der Waals surface area contributed by atoms with Crippen LogP contribution in [0.4, 0.5) is 21.6 Å². The number of rotatable bonds is 5. The number of nitrogens with one attached hydrogen (secondary N) is 1. The number of halogens is 1. The molecule has 0 bridgehead atoms. The van der Waals surface area contributed by atoms with Crippen LogP contribution in [-0.4, -0.2) is 61.7 Å². The molecular weight excluding hydrogens is 537 g/mol. The standard InChI is InChI=1S/C31H34FN7O3/c1-35-7-10-39-21(16-35)14-29(34-39)33-25-11-19(15-36(2)31(25)42)23-12-20(32)13-27(24(23)18-40)37-8-9-38-26-6-4-3-5-22(26)30(41)28(38)17-37/h11-15,17,40H,3-10,16,18H2,1-2H3,(H,33,34). The Morgan fingerprint density at radius 3 is 2.69 bits per heavy atom. The van der Waals surface area contributed by atoms with Gasteiger partial charge in [-0.2, -0.15) is 5.10 Å². The zero-order chi connectivity index (χ0) is 29.1. The maximum Gasteiger partial charge on any atom is 0.274 e. The number of aliphatic hydroxyl groups excluding tert-OH is 1. The summed E-state index contributed by atoms with van der Waals surface area (Å²) < 4.78 is 18.6. The first-order valence-electron chi connectivity index (χ1n) is 14.5. The van der Waals surface area contributed by atoms with E-state index in [0.29, 0.717) is 52.7 Å². The average Bonchev–Trinajstić information content (AvgIpc) is 3.52. The third-order valence-corrected chi connectivity index (χ3v) is 8.81. The SMILES string of the molecule is CN1CCn2nc(Nc3cc(-c4cc(F)cc(N5C=C6C(=O)C7=C(CCCC7)N6CC5)c4CO)cn(C)c3=O)cc2C1. The molecule has 2 aromatic heterocycles. The Labute approximate surface area is 242 Å². The number of carbonyl (C=O) groups excluding carboxylic acids is 1. The van der Waals surface area contributed by atoms with Crippen molar-refractivity contribution in [2.45, 2.75) is 45.4 Å². The van der Waals surface area contributed by atoms with Crippen molar-refractivity contribution in [2.75, 3.05) is 36.9 Å². The van der Waals surface area contributed by atoms with Gasteiger partial charge in [0.1, 0.15) is 17.2 Å². The first-order chi connectivity index (χ1) is 20.3. The maximum absolute atomic E-state index is 15.2. The van der Waals surface area contributed by atoms with Crippen LogP contribution in [0.5, 0.6) is 0 Å². The summed E-state index contributed by atoms with van der Waals surface area (Å²) in [5, 5.41) is 18.4. The number of nitrogens with zero attached hydrogens (tertiary/aromatic N) is 6. The normalized spacial score (nSPS) is 18.7. The van der Waals surface area contributed by atoms with Crippen molar-refractivity contribution in [3.63, 3.8) is 0 Å². The van der Waals surface area contributed by atoms with Gasteiger partial charge < -0.3 is 24.8 Å². The second-order valence-electron chi connectivity index (χ2n) is 11.6. The summed E-state index contributed by atoms with van der Waals surface area (Å²) in [6.45, 7) is 3.26. The minimum atomic E-state index is -0.470. The number of fused-ring (bicyclic) bond motifs is 3. The number of carbonyl (C=O) groups is 1. The number of likely N-dealkylation sites (N-methyl/N-ethyl adjacent to an activating group) is 1. The summed E-state index contributed by atoms with van der Waals surface area (Å²) in [6.07, 6.45) is 7.26. The van der Waals surface area contributed by atoms with Crippen LogP contribution < -0.4 is 15.8 Å².